The van der Waals surface area contributed by atoms with Gasteiger partial charge in [-0.2, -0.15) is 0 Å². The molecule has 0 aliphatic rings. The maximum Gasteiger partial charge on any atom is 0.412 e. The van der Waals surface area contributed by atoms with Gasteiger partial charge in [0.05, 0.1) is 33.8 Å². The topological polar surface area (TPSA) is 133 Å². The second kappa shape index (κ2) is 14.6. The van der Waals surface area contributed by atoms with E-state index < -0.39 is 23.2 Å². The molecular formula is C35H38N2O10. The molecule has 1 heterocycles. The zero-order chi connectivity index (χ0) is 34.3. The summed E-state index contributed by atoms with van der Waals surface area (Å²) in [4.78, 5) is 45.8. The molecule has 0 spiro atoms. The molecule has 1 amide bonds. The number of pyridine rings is 1. The minimum absolute atomic E-state index is 0.122. The van der Waals surface area contributed by atoms with Crippen LogP contribution in [-0.4, -0.2) is 57.4 Å². The minimum Gasteiger partial charge on any atom is -0.493 e. The van der Waals surface area contributed by atoms with Crippen molar-refractivity contribution < 1.29 is 42.8 Å². The van der Waals surface area contributed by atoms with Crippen LogP contribution in [0.4, 0.5) is 10.5 Å². The van der Waals surface area contributed by atoms with Gasteiger partial charge in [-0.3, -0.25) is 10.1 Å². The smallest absolute Gasteiger partial charge is 0.412 e. The Morgan fingerprint density at radius 1 is 0.894 bits per heavy atom. The Labute approximate surface area is 272 Å². The van der Waals surface area contributed by atoms with Crippen LogP contribution in [0.3, 0.4) is 0 Å². The summed E-state index contributed by atoms with van der Waals surface area (Å²) in [5.74, 6) is 0.593. The molecule has 0 radical (unpaired) electrons. The third-order valence-electron chi connectivity index (χ3n) is 6.77. The van der Waals surface area contributed by atoms with Crippen LogP contribution < -0.4 is 34.7 Å². The summed E-state index contributed by atoms with van der Waals surface area (Å²) < 4.78 is 33.7. The van der Waals surface area contributed by atoms with Crippen molar-refractivity contribution in [2.24, 2.45) is 0 Å². The number of methoxy groups -OCH3 is 4. The van der Waals surface area contributed by atoms with Gasteiger partial charge in [0.15, 0.2) is 17.2 Å². The van der Waals surface area contributed by atoms with E-state index >= 15 is 0 Å². The fourth-order valence-corrected chi connectivity index (χ4v) is 4.77. The molecule has 0 saturated heterocycles. The van der Waals surface area contributed by atoms with Gasteiger partial charge in [0.2, 0.25) is 5.75 Å². The van der Waals surface area contributed by atoms with E-state index in [-0.39, 0.29) is 24.3 Å². The van der Waals surface area contributed by atoms with E-state index in [1.807, 2.05) is 0 Å². The van der Waals surface area contributed by atoms with E-state index in [2.05, 4.69) is 11.9 Å². The van der Waals surface area contributed by atoms with Crippen LogP contribution in [0.15, 0.2) is 72.0 Å². The molecule has 0 unspecified atom stereocenters. The maximum absolute atomic E-state index is 14.1. The number of benzene rings is 3. The van der Waals surface area contributed by atoms with E-state index in [1.54, 1.807) is 81.4 Å². The van der Waals surface area contributed by atoms with Gasteiger partial charge in [-0.15, -0.1) is 4.73 Å². The molecule has 12 heteroatoms. The average molecular weight is 647 g/mol. The van der Waals surface area contributed by atoms with Gasteiger partial charge >= 0.3 is 12.1 Å². The molecule has 0 aliphatic carbocycles. The molecular weight excluding hydrogens is 608 g/mol. The van der Waals surface area contributed by atoms with Crippen molar-refractivity contribution in [2.75, 3.05) is 40.4 Å². The molecule has 1 N–H and O–H groups in total. The molecule has 47 heavy (non-hydrogen) atoms. The first-order chi connectivity index (χ1) is 22.4. The van der Waals surface area contributed by atoms with Crippen LogP contribution in [0.2, 0.25) is 0 Å². The molecule has 12 nitrogen and oxygen atoms in total. The molecule has 0 fully saturated rings. The molecule has 0 aliphatic heterocycles. The number of ether oxygens (including phenoxy) is 6. The first-order valence-electron chi connectivity index (χ1n) is 14.5. The number of hydrogen-bond acceptors (Lipinski definition) is 10. The second-order valence-corrected chi connectivity index (χ2v) is 11.1. The van der Waals surface area contributed by atoms with Gasteiger partial charge in [0.1, 0.15) is 24.6 Å². The van der Waals surface area contributed by atoms with E-state index in [0.29, 0.717) is 50.8 Å². The number of aromatic nitrogens is 1. The monoisotopic (exact) mass is 646 g/mol. The van der Waals surface area contributed by atoms with Crippen molar-refractivity contribution in [3.8, 4) is 34.1 Å². The molecule has 4 aromatic rings. The van der Waals surface area contributed by atoms with Crippen LogP contribution in [-0.2, 0) is 16.1 Å². The van der Waals surface area contributed by atoms with Crippen molar-refractivity contribution in [1.82, 2.24) is 4.73 Å². The highest BCUT2D eigenvalue weighted by Gasteiger charge is 2.28. The number of amides is 1. The Morgan fingerprint density at radius 2 is 1.55 bits per heavy atom. The molecule has 0 bridgehead atoms. The first-order valence-corrected chi connectivity index (χ1v) is 14.5. The molecule has 248 valence electrons. The van der Waals surface area contributed by atoms with Gasteiger partial charge in [-0.05, 0) is 79.7 Å². The summed E-state index contributed by atoms with van der Waals surface area (Å²) >= 11 is 0. The summed E-state index contributed by atoms with van der Waals surface area (Å²) in [5.41, 5.74) is 0.475. The molecule has 1 aromatic heterocycles. The maximum atomic E-state index is 14.1. The summed E-state index contributed by atoms with van der Waals surface area (Å²) in [6.45, 7) is 9.08. The number of hydrogen-bond donors (Lipinski definition) is 1. The van der Waals surface area contributed by atoms with Crippen LogP contribution in [0.5, 0.6) is 23.0 Å². The van der Waals surface area contributed by atoms with Crippen molar-refractivity contribution in [3.63, 3.8) is 0 Å². The molecule has 3 aromatic carbocycles. The number of fused-ring (bicyclic) bond motifs is 1. The zero-order valence-corrected chi connectivity index (χ0v) is 27.4. The lowest BCUT2D eigenvalue weighted by Crippen LogP contribution is -2.33. The highest BCUT2D eigenvalue weighted by atomic mass is 16.7. The molecule has 0 atom stereocenters. The van der Waals surface area contributed by atoms with Crippen molar-refractivity contribution >= 4 is 28.5 Å². The Balaban J connectivity index is 1.87. The van der Waals surface area contributed by atoms with Gasteiger partial charge < -0.3 is 33.3 Å². The van der Waals surface area contributed by atoms with Crippen LogP contribution in [0.25, 0.3) is 21.9 Å². The number of carbonyl (C=O) groups excluding carboxylic acids is 2. The van der Waals surface area contributed by atoms with Crippen molar-refractivity contribution in [2.45, 2.75) is 33.0 Å². The number of nitrogens with zero attached hydrogens (tertiary/aromatic N) is 1. The number of nitrogens with one attached hydrogen (secondary N) is 1. The van der Waals surface area contributed by atoms with Gasteiger partial charge in [0.25, 0.3) is 5.56 Å². The average Bonchev–Trinajstić information content (AvgIpc) is 3.05. The van der Waals surface area contributed by atoms with Gasteiger partial charge in [0, 0.05) is 11.3 Å². The molecule has 4 rings (SSSR count). The quantitative estimate of drug-likeness (QED) is 0.144. The summed E-state index contributed by atoms with van der Waals surface area (Å²) in [7, 11) is 5.64. The summed E-state index contributed by atoms with van der Waals surface area (Å²) in [6.07, 6.45) is 0.990. The third-order valence-corrected chi connectivity index (χ3v) is 6.77. The highest BCUT2D eigenvalue weighted by molar-refractivity contribution is 6.07. The van der Waals surface area contributed by atoms with Crippen LogP contribution in [0, 0.1) is 0 Å². The van der Waals surface area contributed by atoms with E-state index in [4.69, 9.17) is 33.3 Å². The Kier molecular flexibility index (Phi) is 10.7. The highest BCUT2D eigenvalue weighted by Crippen LogP contribution is 2.43. The fraction of sp³-hybridized carbons (Fsp3) is 0.286. The third kappa shape index (κ3) is 7.78. The number of carbonyl (C=O) groups is 2. The lowest BCUT2D eigenvalue weighted by molar-refractivity contribution is 0.0466. The van der Waals surface area contributed by atoms with E-state index in [1.165, 1.54) is 28.4 Å². The fourth-order valence-electron chi connectivity index (χ4n) is 4.77. The Morgan fingerprint density at radius 3 is 2.11 bits per heavy atom. The molecule has 0 saturated carbocycles. The van der Waals surface area contributed by atoms with Gasteiger partial charge in [-0.1, -0.05) is 24.8 Å². The largest absolute Gasteiger partial charge is 0.493 e. The zero-order valence-electron chi connectivity index (χ0n) is 27.4. The predicted octanol–water partition coefficient (Wildman–Crippen LogP) is 6.02. The van der Waals surface area contributed by atoms with Crippen LogP contribution in [0.1, 0.15) is 36.8 Å². The van der Waals surface area contributed by atoms with E-state index in [9.17, 15) is 14.4 Å². The summed E-state index contributed by atoms with van der Waals surface area (Å²) in [5, 5.41) is 3.30. The lowest BCUT2D eigenvalue weighted by atomic mass is 9.96. The summed E-state index contributed by atoms with van der Waals surface area (Å²) in [6, 6.07) is 15.0. The normalized spacial score (nSPS) is 11.0. The second-order valence-electron chi connectivity index (χ2n) is 11.1. The predicted molar refractivity (Wildman–Crippen MR) is 177 cm³/mol. The van der Waals surface area contributed by atoms with Crippen molar-refractivity contribution in [1.29, 1.82) is 0 Å². The number of rotatable bonds is 12. The SMILES string of the molecule is C=CCOc1ccc2c(-c3cc(OC)c(OC)c(OC)c3)c(C(=O)OC)n(OCc3ccc(NC(=O)OC(C)(C)C)cc3)c(=O)c2c1. The van der Waals surface area contributed by atoms with Gasteiger partial charge in [-0.25, -0.2) is 9.59 Å². The van der Waals surface area contributed by atoms with Crippen molar-refractivity contribution in [3.05, 3.63) is 88.9 Å². The number of esters is 1. The van der Waals surface area contributed by atoms with Crippen LogP contribution >= 0.6 is 0 Å². The number of anilines is 1. The minimum atomic E-state index is -0.823. The Bertz CT molecular complexity index is 1810. The van der Waals surface area contributed by atoms with E-state index in [0.717, 1.165) is 4.73 Å². The Hall–Kier alpha value is -5.65. The first kappa shape index (κ1) is 34.2. The standard InChI is InChI=1S/C35H38N2O10/c1-9-16-45-24-14-15-25-26(19-24)32(38)37(46-20-21-10-12-23(13-11-21)36-34(40)47-35(2,3)4)30(33(39)44-8)29(25)22-17-27(41-5)31(43-7)28(18-22)42-6/h9-15,17-19H,1,16,20H2,2-8H3,(H,36,40). The lowest BCUT2D eigenvalue weighted by Gasteiger charge is -2.21.